The van der Waals surface area contributed by atoms with Crippen LogP contribution in [0.3, 0.4) is 0 Å². The van der Waals surface area contributed by atoms with Gasteiger partial charge in [-0.2, -0.15) is 0 Å². The average molecular weight is 400 g/mol. The van der Waals surface area contributed by atoms with Crippen LogP contribution in [0.4, 0.5) is 0 Å². The summed E-state index contributed by atoms with van der Waals surface area (Å²) < 4.78 is 1.02. The Hall–Kier alpha value is -0.000000000000000111. The Morgan fingerprint density at radius 2 is 1.76 bits per heavy atom. The van der Waals surface area contributed by atoms with Crippen molar-refractivity contribution in [3.63, 3.8) is 0 Å². The van der Waals surface area contributed by atoms with Gasteiger partial charge in [0.05, 0.1) is 0 Å². The van der Waals surface area contributed by atoms with Crippen LogP contribution in [0, 0.1) is 5.41 Å². The van der Waals surface area contributed by atoms with Crippen molar-refractivity contribution in [2.45, 2.75) is 26.8 Å². The summed E-state index contributed by atoms with van der Waals surface area (Å²) in [6.45, 7) is 10.8. The first-order valence-corrected chi connectivity index (χ1v) is 7.62. The standard InChI is InChI=1S/C15H23BrN2O.2ClH/c1-15(2,3)14(18-8-6-17-7-9-18)12-10-11(16)4-5-13(12)19;;/h4-5,10,14,17,19H,6-9H2,1-3H3;2*1H/t14-;;/m0../s1. The molecule has 122 valence electrons. The largest absolute Gasteiger partial charge is 0.508 e. The Balaban J connectivity index is 0.00000200. The van der Waals surface area contributed by atoms with Gasteiger partial charge in [0, 0.05) is 42.3 Å². The SMILES string of the molecule is CC(C)(C)[C@H](c1cc(Br)ccc1O)N1CCNCC1.Cl.Cl. The number of piperazine rings is 1. The monoisotopic (exact) mass is 398 g/mol. The second kappa shape index (κ2) is 8.59. The molecule has 3 nitrogen and oxygen atoms in total. The van der Waals surface area contributed by atoms with Crippen molar-refractivity contribution >= 4 is 40.7 Å². The summed E-state index contributed by atoms with van der Waals surface area (Å²) in [5, 5.41) is 13.6. The van der Waals surface area contributed by atoms with Gasteiger partial charge in [-0.15, -0.1) is 24.8 Å². The normalized spacial score (nSPS) is 17.5. The smallest absolute Gasteiger partial charge is 0.120 e. The number of nitrogens with zero attached hydrogens (tertiary/aromatic N) is 1. The molecule has 1 aromatic carbocycles. The first-order valence-electron chi connectivity index (χ1n) is 6.83. The molecule has 0 bridgehead atoms. The molecule has 1 aliphatic rings. The van der Waals surface area contributed by atoms with Crippen molar-refractivity contribution in [3.05, 3.63) is 28.2 Å². The summed E-state index contributed by atoms with van der Waals surface area (Å²) in [6.07, 6.45) is 0. The molecule has 1 saturated heterocycles. The van der Waals surface area contributed by atoms with Crippen molar-refractivity contribution in [2.75, 3.05) is 26.2 Å². The van der Waals surface area contributed by atoms with Gasteiger partial charge in [-0.25, -0.2) is 0 Å². The number of aromatic hydroxyl groups is 1. The highest BCUT2D eigenvalue weighted by atomic mass is 79.9. The summed E-state index contributed by atoms with van der Waals surface area (Å²) in [5.74, 6) is 0.390. The Kier molecular flexibility index (Phi) is 8.59. The van der Waals surface area contributed by atoms with Gasteiger partial charge < -0.3 is 10.4 Å². The van der Waals surface area contributed by atoms with E-state index < -0.39 is 0 Å². The topological polar surface area (TPSA) is 35.5 Å². The molecule has 2 N–H and O–H groups in total. The molecule has 1 heterocycles. The number of benzene rings is 1. The van der Waals surface area contributed by atoms with E-state index in [9.17, 15) is 5.11 Å². The van der Waals surface area contributed by atoms with Crippen LogP contribution in [-0.2, 0) is 0 Å². The third kappa shape index (κ3) is 5.29. The van der Waals surface area contributed by atoms with Crippen LogP contribution in [-0.4, -0.2) is 36.2 Å². The minimum Gasteiger partial charge on any atom is -0.508 e. The zero-order valence-corrected chi connectivity index (χ0v) is 15.9. The molecular formula is C15H25BrCl2N2O. The lowest BCUT2D eigenvalue weighted by atomic mass is 9.80. The maximum atomic E-state index is 10.2. The molecule has 0 aromatic heterocycles. The van der Waals surface area contributed by atoms with Crippen molar-refractivity contribution < 1.29 is 5.11 Å². The van der Waals surface area contributed by atoms with Gasteiger partial charge in [-0.05, 0) is 23.6 Å². The molecule has 21 heavy (non-hydrogen) atoms. The molecule has 1 atom stereocenters. The summed E-state index contributed by atoms with van der Waals surface area (Å²) in [4.78, 5) is 2.47. The van der Waals surface area contributed by atoms with Crippen LogP contribution < -0.4 is 5.32 Å². The van der Waals surface area contributed by atoms with Crippen LogP contribution in [0.2, 0.25) is 0 Å². The number of phenols is 1. The average Bonchev–Trinajstić information content (AvgIpc) is 2.33. The molecule has 1 aliphatic heterocycles. The van der Waals surface area contributed by atoms with E-state index in [2.05, 4.69) is 46.9 Å². The second-order valence-electron chi connectivity index (χ2n) is 6.26. The van der Waals surface area contributed by atoms with E-state index in [1.165, 1.54) is 0 Å². The summed E-state index contributed by atoms with van der Waals surface area (Å²) in [6, 6.07) is 5.94. The van der Waals surface area contributed by atoms with Crippen LogP contribution >= 0.6 is 40.7 Å². The molecule has 0 aliphatic carbocycles. The summed E-state index contributed by atoms with van der Waals surface area (Å²) in [7, 11) is 0. The predicted octanol–water partition coefficient (Wildman–Crippen LogP) is 3.99. The quantitative estimate of drug-likeness (QED) is 0.788. The molecule has 0 spiro atoms. The zero-order chi connectivity index (χ0) is 14.0. The number of hydrogen-bond donors (Lipinski definition) is 2. The van der Waals surface area contributed by atoms with Gasteiger partial charge in [-0.3, -0.25) is 4.90 Å². The van der Waals surface area contributed by atoms with E-state index in [1.807, 2.05) is 12.1 Å². The molecule has 6 heteroatoms. The van der Waals surface area contributed by atoms with Crippen LogP contribution in [0.1, 0.15) is 32.4 Å². The van der Waals surface area contributed by atoms with Crippen LogP contribution in [0.15, 0.2) is 22.7 Å². The van der Waals surface area contributed by atoms with Crippen molar-refractivity contribution in [2.24, 2.45) is 5.41 Å². The number of hydrogen-bond acceptors (Lipinski definition) is 3. The van der Waals surface area contributed by atoms with Gasteiger partial charge in [0.1, 0.15) is 5.75 Å². The first kappa shape index (κ1) is 21.0. The van der Waals surface area contributed by atoms with E-state index in [0.717, 1.165) is 36.2 Å². The van der Waals surface area contributed by atoms with Crippen molar-refractivity contribution in [3.8, 4) is 5.75 Å². The minimum atomic E-state index is 0. The van der Waals surface area contributed by atoms with Gasteiger partial charge in [-0.1, -0.05) is 36.7 Å². The third-order valence-electron chi connectivity index (χ3n) is 3.62. The molecule has 1 aromatic rings. The number of nitrogens with one attached hydrogen (secondary N) is 1. The predicted molar refractivity (Wildman–Crippen MR) is 96.9 cm³/mol. The highest BCUT2D eigenvalue weighted by Gasteiger charge is 2.34. The fourth-order valence-electron chi connectivity index (χ4n) is 2.90. The van der Waals surface area contributed by atoms with Gasteiger partial charge in [0.15, 0.2) is 0 Å². The van der Waals surface area contributed by atoms with Crippen LogP contribution in [0.25, 0.3) is 0 Å². The Bertz CT molecular complexity index is 446. The Labute approximate surface area is 148 Å². The fraction of sp³-hybridized carbons (Fsp3) is 0.600. The van der Waals surface area contributed by atoms with Crippen LogP contribution in [0.5, 0.6) is 5.75 Å². The van der Waals surface area contributed by atoms with E-state index in [0.29, 0.717) is 5.75 Å². The fourth-order valence-corrected chi connectivity index (χ4v) is 3.27. The Morgan fingerprint density at radius 3 is 2.29 bits per heavy atom. The maximum absolute atomic E-state index is 10.2. The molecule has 0 radical (unpaired) electrons. The third-order valence-corrected chi connectivity index (χ3v) is 4.11. The minimum absolute atomic E-state index is 0. The molecule has 0 unspecified atom stereocenters. The molecular weight excluding hydrogens is 375 g/mol. The van der Waals surface area contributed by atoms with E-state index in [-0.39, 0.29) is 36.3 Å². The summed E-state index contributed by atoms with van der Waals surface area (Å²) in [5.41, 5.74) is 1.10. The van der Waals surface area contributed by atoms with E-state index in [4.69, 9.17) is 0 Å². The lowest BCUT2D eigenvalue weighted by Crippen LogP contribution is -2.48. The molecule has 0 amide bonds. The highest BCUT2D eigenvalue weighted by molar-refractivity contribution is 9.10. The van der Waals surface area contributed by atoms with Crippen molar-refractivity contribution in [1.29, 1.82) is 0 Å². The first-order chi connectivity index (χ1) is 8.89. The van der Waals surface area contributed by atoms with E-state index >= 15 is 0 Å². The molecule has 0 saturated carbocycles. The molecule has 1 fully saturated rings. The lowest BCUT2D eigenvalue weighted by Gasteiger charge is -2.42. The molecule has 2 rings (SSSR count). The number of rotatable bonds is 2. The number of halogens is 3. The lowest BCUT2D eigenvalue weighted by molar-refractivity contribution is 0.0842. The second-order valence-corrected chi connectivity index (χ2v) is 7.17. The maximum Gasteiger partial charge on any atom is 0.120 e. The van der Waals surface area contributed by atoms with Gasteiger partial charge >= 0.3 is 0 Å². The van der Waals surface area contributed by atoms with Gasteiger partial charge in [0.25, 0.3) is 0 Å². The zero-order valence-electron chi connectivity index (χ0n) is 12.7. The summed E-state index contributed by atoms with van der Waals surface area (Å²) >= 11 is 3.51. The number of phenolic OH excluding ortho intramolecular Hbond substituents is 1. The van der Waals surface area contributed by atoms with Crippen molar-refractivity contribution in [1.82, 2.24) is 10.2 Å². The van der Waals surface area contributed by atoms with E-state index in [1.54, 1.807) is 6.07 Å². The van der Waals surface area contributed by atoms with Gasteiger partial charge in [0.2, 0.25) is 0 Å². The Morgan fingerprint density at radius 1 is 1.19 bits per heavy atom. The highest BCUT2D eigenvalue weighted by Crippen LogP contribution is 2.42.